The molecular weight excluding hydrogens is 178 g/mol. The van der Waals surface area contributed by atoms with Crippen molar-refractivity contribution in [2.24, 2.45) is 0 Å². The maximum atomic E-state index is 2.83. The molecule has 0 spiro atoms. The van der Waals surface area contributed by atoms with Crippen LogP contribution in [0.3, 0.4) is 0 Å². The second kappa shape index (κ2) is 4.07. The average molecular weight is 203 g/mol. The highest BCUT2D eigenvalue weighted by Crippen LogP contribution is 2.19. The van der Waals surface area contributed by atoms with Crippen LogP contribution in [0.2, 0.25) is 39.3 Å². The van der Waals surface area contributed by atoms with Crippen LogP contribution >= 0.6 is 0 Å². The van der Waals surface area contributed by atoms with E-state index in [4.69, 9.17) is 0 Å². The highest BCUT2D eigenvalue weighted by Gasteiger charge is 2.33. The summed E-state index contributed by atoms with van der Waals surface area (Å²) in [4.78, 5) is 0. The normalized spacial score (nSPS) is 14.0. The number of rotatable bonds is 4. The van der Waals surface area contributed by atoms with Crippen LogP contribution in [0.25, 0.3) is 0 Å². The molecule has 0 amide bonds. The zero-order valence-corrected chi connectivity index (χ0v) is 11.9. The number of hydrogen-bond donors (Lipinski definition) is 0. The van der Waals surface area contributed by atoms with E-state index < -0.39 is 16.5 Å². The minimum Gasteiger partial charge on any atom is -0.346 e. The highest BCUT2D eigenvalue weighted by molar-refractivity contribution is 6.89. The van der Waals surface area contributed by atoms with Crippen LogP contribution in [0, 0.1) is 0 Å². The summed E-state index contributed by atoms with van der Waals surface area (Å²) in [6, 6.07) is 0. The first-order valence-electron chi connectivity index (χ1n) is 4.97. The van der Waals surface area contributed by atoms with Gasteiger partial charge in [-0.2, -0.15) is 0 Å². The van der Waals surface area contributed by atoms with E-state index in [0.717, 1.165) is 0 Å². The van der Waals surface area contributed by atoms with Crippen molar-refractivity contribution in [1.29, 1.82) is 0 Å². The summed E-state index contributed by atoms with van der Waals surface area (Å²) in [5, 5.41) is 0. The van der Waals surface area contributed by atoms with Crippen LogP contribution in [-0.4, -0.2) is 27.2 Å². The average Bonchev–Trinajstić information content (AvgIpc) is 1.77. The Morgan fingerprint density at radius 2 is 1.17 bits per heavy atom. The van der Waals surface area contributed by atoms with Crippen LogP contribution in [0.5, 0.6) is 0 Å². The van der Waals surface area contributed by atoms with Gasteiger partial charge in [0.2, 0.25) is 0 Å². The topological polar surface area (TPSA) is 3.24 Å². The van der Waals surface area contributed by atoms with E-state index in [1.807, 2.05) is 0 Å². The third kappa shape index (κ3) is 3.87. The van der Waals surface area contributed by atoms with Gasteiger partial charge in [0.15, 0.2) is 0 Å². The maximum Gasteiger partial charge on any atom is 0.112 e. The van der Waals surface area contributed by atoms with Gasteiger partial charge in [0.25, 0.3) is 0 Å². The zero-order chi connectivity index (χ0) is 9.99. The van der Waals surface area contributed by atoms with Crippen LogP contribution in [0.4, 0.5) is 0 Å². The van der Waals surface area contributed by atoms with Crippen molar-refractivity contribution in [3.05, 3.63) is 0 Å². The van der Waals surface area contributed by atoms with Gasteiger partial charge >= 0.3 is 0 Å². The van der Waals surface area contributed by atoms with Gasteiger partial charge < -0.3 is 4.23 Å². The first-order chi connectivity index (χ1) is 5.19. The summed E-state index contributed by atoms with van der Waals surface area (Å²) in [5.74, 6) is 0. The molecule has 0 bridgehead atoms. The molecular formula is C9H25NSi2. The van der Waals surface area contributed by atoms with Gasteiger partial charge in [-0.25, -0.2) is 0 Å². The van der Waals surface area contributed by atoms with Crippen LogP contribution in [0.15, 0.2) is 0 Å². The molecule has 0 unspecified atom stereocenters. The molecule has 0 aromatic rings. The van der Waals surface area contributed by atoms with E-state index >= 15 is 0 Å². The van der Waals surface area contributed by atoms with Gasteiger partial charge in [-0.05, 0) is 13.0 Å². The Hall–Kier alpha value is 0.394. The molecule has 0 aliphatic carbocycles. The third-order valence-electron chi connectivity index (χ3n) is 2.07. The second-order valence-corrected chi connectivity index (χ2v) is 15.7. The molecule has 12 heavy (non-hydrogen) atoms. The van der Waals surface area contributed by atoms with Crippen molar-refractivity contribution in [3.8, 4) is 0 Å². The Balaban J connectivity index is 4.45. The Morgan fingerprint density at radius 3 is 1.25 bits per heavy atom. The Labute approximate surface area is 80.3 Å². The maximum absolute atomic E-state index is 2.83. The molecule has 0 saturated carbocycles. The molecule has 74 valence electrons. The summed E-state index contributed by atoms with van der Waals surface area (Å²) >= 11 is 0. The summed E-state index contributed by atoms with van der Waals surface area (Å²) in [5.41, 5.74) is 0. The monoisotopic (exact) mass is 203 g/mol. The van der Waals surface area contributed by atoms with Crippen molar-refractivity contribution < 1.29 is 0 Å². The Bertz CT molecular complexity index is 118. The van der Waals surface area contributed by atoms with Gasteiger partial charge in [0.05, 0.1) is 0 Å². The highest BCUT2D eigenvalue weighted by atomic mass is 28.4. The van der Waals surface area contributed by atoms with Crippen molar-refractivity contribution in [3.63, 3.8) is 0 Å². The minimum atomic E-state index is -1.05. The van der Waals surface area contributed by atoms with Gasteiger partial charge in [-0.15, -0.1) is 0 Å². The smallest absolute Gasteiger partial charge is 0.112 e. The van der Waals surface area contributed by atoms with Crippen molar-refractivity contribution >= 4 is 16.5 Å². The van der Waals surface area contributed by atoms with E-state index in [1.54, 1.807) is 0 Å². The largest absolute Gasteiger partial charge is 0.346 e. The molecule has 0 saturated heterocycles. The van der Waals surface area contributed by atoms with E-state index in [9.17, 15) is 0 Å². The second-order valence-electron chi connectivity index (χ2n) is 5.49. The summed E-state index contributed by atoms with van der Waals surface area (Å²) in [6.07, 6.45) is 1.30. The van der Waals surface area contributed by atoms with Crippen LogP contribution in [-0.2, 0) is 0 Å². The molecule has 0 radical (unpaired) electrons. The van der Waals surface area contributed by atoms with E-state index in [0.29, 0.717) is 0 Å². The lowest BCUT2D eigenvalue weighted by Gasteiger charge is -2.43. The lowest BCUT2D eigenvalue weighted by molar-refractivity contribution is 0.602. The predicted molar refractivity (Wildman–Crippen MR) is 63.7 cm³/mol. The van der Waals surface area contributed by atoms with Crippen molar-refractivity contribution in [2.75, 3.05) is 6.54 Å². The molecule has 0 rings (SSSR count). The van der Waals surface area contributed by atoms with Crippen molar-refractivity contribution in [2.45, 2.75) is 52.6 Å². The van der Waals surface area contributed by atoms with E-state index in [1.165, 1.54) is 13.0 Å². The lowest BCUT2D eigenvalue weighted by atomic mass is 10.5. The molecule has 0 atom stereocenters. The standard InChI is InChI=1S/C9H25NSi2/c1-8-9-10(11(2,3)4)12(5,6)7/h8-9H2,1-7H3. The quantitative estimate of drug-likeness (QED) is 0.633. The van der Waals surface area contributed by atoms with E-state index in [-0.39, 0.29) is 0 Å². The van der Waals surface area contributed by atoms with Gasteiger partial charge in [0, 0.05) is 0 Å². The molecule has 0 aromatic heterocycles. The molecule has 0 aromatic carbocycles. The van der Waals surface area contributed by atoms with Gasteiger partial charge in [-0.3, -0.25) is 0 Å². The first kappa shape index (κ1) is 12.4. The third-order valence-corrected chi connectivity index (χ3v) is 9.78. The molecule has 0 aliphatic heterocycles. The SMILES string of the molecule is CCCN([Si](C)(C)C)[Si](C)(C)C. The van der Waals surface area contributed by atoms with Crippen LogP contribution < -0.4 is 0 Å². The summed E-state index contributed by atoms with van der Waals surface area (Å²) in [7, 11) is -2.10. The fourth-order valence-electron chi connectivity index (χ4n) is 1.90. The van der Waals surface area contributed by atoms with Gasteiger partial charge in [0.1, 0.15) is 16.5 Å². The fraction of sp³-hybridized carbons (Fsp3) is 1.00. The number of nitrogens with zero attached hydrogens (tertiary/aromatic N) is 1. The summed E-state index contributed by atoms with van der Waals surface area (Å²) in [6.45, 7) is 18.4. The Morgan fingerprint density at radius 1 is 0.833 bits per heavy atom. The molecule has 1 nitrogen and oxygen atoms in total. The molecule has 0 aliphatic rings. The minimum absolute atomic E-state index is 1.05. The molecule has 0 fully saturated rings. The summed E-state index contributed by atoms with van der Waals surface area (Å²) < 4.78 is 2.83. The van der Waals surface area contributed by atoms with E-state index in [2.05, 4.69) is 50.4 Å². The molecule has 0 N–H and O–H groups in total. The number of hydrogen-bond acceptors (Lipinski definition) is 1. The fourth-order valence-corrected chi connectivity index (χ4v) is 11.7. The predicted octanol–water partition coefficient (Wildman–Crippen LogP) is 3.37. The van der Waals surface area contributed by atoms with Crippen LogP contribution in [0.1, 0.15) is 13.3 Å². The van der Waals surface area contributed by atoms with Crippen molar-refractivity contribution in [1.82, 2.24) is 4.23 Å². The zero-order valence-electron chi connectivity index (χ0n) is 9.86. The van der Waals surface area contributed by atoms with Gasteiger partial charge in [-0.1, -0.05) is 46.2 Å². The Kier molecular flexibility index (Phi) is 4.20. The molecule has 0 heterocycles. The molecule has 3 heteroatoms. The lowest BCUT2D eigenvalue weighted by Crippen LogP contribution is -2.59. The first-order valence-corrected chi connectivity index (χ1v) is 11.9.